The zero-order valence-electron chi connectivity index (χ0n) is 11.2. The lowest BCUT2D eigenvalue weighted by Crippen LogP contribution is -2.52. The summed E-state index contributed by atoms with van der Waals surface area (Å²) >= 11 is 0. The molecule has 2 heteroatoms. The van der Waals surface area contributed by atoms with E-state index in [9.17, 15) is 5.11 Å². The molecule has 0 unspecified atom stereocenters. The van der Waals surface area contributed by atoms with Crippen LogP contribution in [0.2, 0.25) is 0 Å². The van der Waals surface area contributed by atoms with Crippen LogP contribution < -0.4 is 0 Å². The fourth-order valence-electron chi connectivity index (χ4n) is 3.13. The first kappa shape index (κ1) is 12.6. The number of hydrogen-bond acceptors (Lipinski definition) is 2. The first-order chi connectivity index (χ1) is 8.04. The number of nitrogens with zero attached hydrogens (tertiary/aromatic N) is 1. The molecule has 1 saturated heterocycles. The number of likely N-dealkylation sites (tertiary alicyclic amines) is 1. The van der Waals surface area contributed by atoms with Gasteiger partial charge in [0.15, 0.2) is 0 Å². The molecule has 0 saturated carbocycles. The maximum atomic E-state index is 10.3. The third-order valence-corrected chi connectivity index (χ3v) is 4.56. The lowest BCUT2D eigenvalue weighted by molar-refractivity contribution is -0.0675. The fourth-order valence-corrected chi connectivity index (χ4v) is 3.13. The summed E-state index contributed by atoms with van der Waals surface area (Å²) in [6, 6.07) is 11.2. The summed E-state index contributed by atoms with van der Waals surface area (Å²) in [5, 5.41) is 10.3. The Labute approximate surface area is 104 Å². The van der Waals surface area contributed by atoms with Crippen LogP contribution in [0.5, 0.6) is 0 Å². The topological polar surface area (TPSA) is 23.5 Å². The summed E-state index contributed by atoms with van der Waals surface area (Å²) in [6.45, 7) is 6.50. The average molecular weight is 233 g/mol. The van der Waals surface area contributed by atoms with Crippen LogP contribution in [0.3, 0.4) is 0 Å². The number of piperidine rings is 1. The quantitative estimate of drug-likeness (QED) is 0.806. The molecule has 17 heavy (non-hydrogen) atoms. The smallest absolute Gasteiger partial charge is 0.0624 e. The molecule has 94 valence electrons. The molecule has 1 heterocycles. The number of hydrogen-bond donors (Lipinski definition) is 1. The zero-order valence-corrected chi connectivity index (χ0v) is 11.2. The Morgan fingerprint density at radius 1 is 1.00 bits per heavy atom. The number of rotatable bonds is 1. The van der Waals surface area contributed by atoms with Crippen molar-refractivity contribution in [3.8, 4) is 0 Å². The summed E-state index contributed by atoms with van der Waals surface area (Å²) in [7, 11) is 2.17. The van der Waals surface area contributed by atoms with Gasteiger partial charge in [0, 0.05) is 18.0 Å². The molecule has 2 rings (SSSR count). The van der Waals surface area contributed by atoms with Crippen LogP contribution in [0.4, 0.5) is 0 Å². The Hall–Kier alpha value is -0.860. The van der Waals surface area contributed by atoms with Gasteiger partial charge < -0.3 is 5.11 Å². The molecular formula is C15H23NO. The van der Waals surface area contributed by atoms with E-state index in [1.807, 2.05) is 6.07 Å². The highest BCUT2D eigenvalue weighted by Crippen LogP contribution is 2.40. The van der Waals surface area contributed by atoms with Gasteiger partial charge in [-0.2, -0.15) is 0 Å². The van der Waals surface area contributed by atoms with E-state index in [-0.39, 0.29) is 12.0 Å². The van der Waals surface area contributed by atoms with Crippen molar-refractivity contribution >= 4 is 0 Å². The third-order valence-electron chi connectivity index (χ3n) is 4.56. The molecular weight excluding hydrogens is 210 g/mol. The van der Waals surface area contributed by atoms with Crippen molar-refractivity contribution in [3.05, 3.63) is 35.9 Å². The SMILES string of the molecule is C[C@@H]1[C@H](O)[C@H](C)[C@@H](c2ccccc2)N(C)[C@H]1C. The molecule has 0 bridgehead atoms. The third kappa shape index (κ3) is 2.12. The average Bonchev–Trinajstić information content (AvgIpc) is 2.36. The van der Waals surface area contributed by atoms with Gasteiger partial charge in [-0.05, 0) is 25.5 Å². The van der Waals surface area contributed by atoms with Crippen molar-refractivity contribution in [2.45, 2.75) is 39.0 Å². The molecule has 1 aliphatic rings. The molecule has 0 amide bonds. The van der Waals surface area contributed by atoms with E-state index in [0.717, 1.165) is 0 Å². The van der Waals surface area contributed by atoms with Gasteiger partial charge in [-0.3, -0.25) is 4.90 Å². The van der Waals surface area contributed by atoms with E-state index in [0.29, 0.717) is 18.0 Å². The molecule has 0 spiro atoms. The normalized spacial score (nSPS) is 39.2. The summed E-state index contributed by atoms with van der Waals surface area (Å²) in [4.78, 5) is 2.40. The zero-order chi connectivity index (χ0) is 12.6. The predicted molar refractivity (Wildman–Crippen MR) is 70.7 cm³/mol. The highest BCUT2D eigenvalue weighted by Gasteiger charge is 2.41. The maximum Gasteiger partial charge on any atom is 0.0624 e. The number of aliphatic hydroxyl groups excluding tert-OH is 1. The molecule has 2 nitrogen and oxygen atoms in total. The van der Waals surface area contributed by atoms with Gasteiger partial charge >= 0.3 is 0 Å². The first-order valence-corrected chi connectivity index (χ1v) is 6.49. The van der Waals surface area contributed by atoms with Crippen molar-refractivity contribution in [3.63, 3.8) is 0 Å². The van der Waals surface area contributed by atoms with Crippen LogP contribution >= 0.6 is 0 Å². The molecule has 0 radical (unpaired) electrons. The lowest BCUT2D eigenvalue weighted by Gasteiger charge is -2.48. The monoisotopic (exact) mass is 233 g/mol. The Morgan fingerprint density at radius 2 is 1.59 bits per heavy atom. The largest absolute Gasteiger partial charge is 0.392 e. The summed E-state index contributed by atoms with van der Waals surface area (Å²) in [5.74, 6) is 0.601. The van der Waals surface area contributed by atoms with Crippen molar-refractivity contribution in [2.75, 3.05) is 7.05 Å². The molecule has 1 aromatic carbocycles. The number of aliphatic hydroxyl groups is 1. The van der Waals surface area contributed by atoms with E-state index in [1.54, 1.807) is 0 Å². The van der Waals surface area contributed by atoms with E-state index in [2.05, 4.69) is 57.0 Å². The van der Waals surface area contributed by atoms with E-state index in [4.69, 9.17) is 0 Å². The van der Waals surface area contributed by atoms with Gasteiger partial charge in [-0.1, -0.05) is 44.2 Å². The Balaban J connectivity index is 2.33. The minimum atomic E-state index is -0.216. The molecule has 1 aliphatic heterocycles. The second-order valence-electron chi connectivity index (χ2n) is 5.47. The molecule has 1 fully saturated rings. The lowest BCUT2D eigenvalue weighted by atomic mass is 9.76. The highest BCUT2D eigenvalue weighted by atomic mass is 16.3. The molecule has 1 N–H and O–H groups in total. The molecule has 5 atom stereocenters. The van der Waals surface area contributed by atoms with Crippen molar-refractivity contribution in [1.82, 2.24) is 4.90 Å². The molecule has 0 aromatic heterocycles. The Morgan fingerprint density at radius 3 is 2.18 bits per heavy atom. The van der Waals surface area contributed by atoms with Gasteiger partial charge in [0.05, 0.1) is 6.10 Å². The van der Waals surface area contributed by atoms with E-state index < -0.39 is 0 Å². The second kappa shape index (κ2) is 4.79. The summed E-state index contributed by atoms with van der Waals surface area (Å²) < 4.78 is 0. The Bertz CT molecular complexity index is 348. The predicted octanol–water partition coefficient (Wildman–Crippen LogP) is 2.69. The molecule has 0 aliphatic carbocycles. The van der Waals surface area contributed by atoms with Crippen molar-refractivity contribution in [1.29, 1.82) is 0 Å². The Kier molecular flexibility index (Phi) is 3.55. The fraction of sp³-hybridized carbons (Fsp3) is 0.600. The minimum absolute atomic E-state index is 0.216. The van der Waals surface area contributed by atoms with Gasteiger partial charge in [0.2, 0.25) is 0 Å². The van der Waals surface area contributed by atoms with Gasteiger partial charge in [-0.25, -0.2) is 0 Å². The summed E-state index contributed by atoms with van der Waals surface area (Å²) in [5.41, 5.74) is 1.31. The second-order valence-corrected chi connectivity index (χ2v) is 5.47. The van der Waals surface area contributed by atoms with Crippen molar-refractivity contribution < 1.29 is 5.11 Å². The van der Waals surface area contributed by atoms with E-state index in [1.165, 1.54) is 5.56 Å². The van der Waals surface area contributed by atoms with Crippen LogP contribution in [-0.4, -0.2) is 29.2 Å². The maximum absolute atomic E-state index is 10.3. The summed E-state index contributed by atoms with van der Waals surface area (Å²) in [6.07, 6.45) is -0.216. The van der Waals surface area contributed by atoms with Crippen LogP contribution in [0.1, 0.15) is 32.4 Å². The van der Waals surface area contributed by atoms with Crippen LogP contribution in [0.15, 0.2) is 30.3 Å². The van der Waals surface area contributed by atoms with E-state index >= 15 is 0 Å². The van der Waals surface area contributed by atoms with Gasteiger partial charge in [0.25, 0.3) is 0 Å². The molecule has 1 aromatic rings. The first-order valence-electron chi connectivity index (χ1n) is 6.49. The van der Waals surface area contributed by atoms with Crippen molar-refractivity contribution in [2.24, 2.45) is 11.8 Å². The van der Waals surface area contributed by atoms with Gasteiger partial charge in [0.1, 0.15) is 0 Å². The van der Waals surface area contributed by atoms with Crippen LogP contribution in [0, 0.1) is 11.8 Å². The number of benzene rings is 1. The highest BCUT2D eigenvalue weighted by molar-refractivity contribution is 5.21. The van der Waals surface area contributed by atoms with Crippen LogP contribution in [-0.2, 0) is 0 Å². The standard InChI is InChI=1S/C15H23NO/c1-10-12(3)16(4)14(11(2)15(10)17)13-8-6-5-7-9-13/h5-12,14-15,17H,1-4H3/t10-,11+,12-,14-,15-/m0/s1. The van der Waals surface area contributed by atoms with Gasteiger partial charge in [-0.15, -0.1) is 0 Å². The minimum Gasteiger partial charge on any atom is -0.392 e. The van der Waals surface area contributed by atoms with Crippen LogP contribution in [0.25, 0.3) is 0 Å².